The first-order valence-corrected chi connectivity index (χ1v) is 7.08. The molecule has 0 saturated carbocycles. The Hall–Kier alpha value is -1.09. The van der Waals surface area contributed by atoms with Gasteiger partial charge in [0.15, 0.2) is 0 Å². The highest BCUT2D eigenvalue weighted by atomic mass is 32.2. The molecular formula is C13H16O2S. The highest BCUT2D eigenvalue weighted by molar-refractivity contribution is 7.95. The quantitative estimate of drug-likeness (QED) is 0.790. The van der Waals surface area contributed by atoms with Crippen LogP contribution in [0.1, 0.15) is 26.2 Å². The van der Waals surface area contributed by atoms with Crippen LogP contribution in [0.25, 0.3) is 0 Å². The summed E-state index contributed by atoms with van der Waals surface area (Å²) in [6.45, 7) is 2.16. The predicted molar refractivity (Wildman–Crippen MR) is 64.7 cm³/mol. The lowest BCUT2D eigenvalue weighted by Crippen LogP contribution is -2.10. The average Bonchev–Trinajstić information content (AvgIpc) is 2.31. The van der Waals surface area contributed by atoms with Gasteiger partial charge in [0.25, 0.3) is 0 Å². The molecular weight excluding hydrogens is 220 g/mol. The highest BCUT2D eigenvalue weighted by Gasteiger charge is 2.23. The number of sulfone groups is 1. The fourth-order valence-electron chi connectivity index (χ4n) is 1.94. The minimum atomic E-state index is -3.22. The van der Waals surface area contributed by atoms with Crippen LogP contribution >= 0.6 is 0 Å². The van der Waals surface area contributed by atoms with Gasteiger partial charge in [-0.05, 0) is 37.3 Å². The predicted octanol–water partition coefficient (Wildman–Crippen LogP) is 3.16. The Kier molecular flexibility index (Phi) is 3.15. The first kappa shape index (κ1) is 11.4. The van der Waals surface area contributed by atoms with E-state index >= 15 is 0 Å². The zero-order valence-electron chi connectivity index (χ0n) is 9.39. The second kappa shape index (κ2) is 4.42. The molecule has 16 heavy (non-hydrogen) atoms. The molecule has 0 unspecified atom stereocenters. The van der Waals surface area contributed by atoms with Crippen molar-refractivity contribution < 1.29 is 8.42 Å². The number of hydrogen-bond donors (Lipinski definition) is 0. The van der Waals surface area contributed by atoms with Gasteiger partial charge in [-0.2, -0.15) is 0 Å². The van der Waals surface area contributed by atoms with E-state index in [1.807, 2.05) is 12.1 Å². The molecule has 1 aliphatic rings. The molecule has 1 aromatic rings. The van der Waals surface area contributed by atoms with Crippen molar-refractivity contribution in [3.63, 3.8) is 0 Å². The molecule has 0 fully saturated rings. The molecule has 1 aliphatic carbocycles. The van der Waals surface area contributed by atoms with Crippen LogP contribution in [0.15, 0.2) is 46.2 Å². The first-order valence-electron chi connectivity index (χ1n) is 5.60. The molecule has 2 nitrogen and oxygen atoms in total. The molecule has 0 saturated heterocycles. The molecule has 0 radical (unpaired) electrons. The molecule has 0 aliphatic heterocycles. The zero-order valence-corrected chi connectivity index (χ0v) is 10.2. The van der Waals surface area contributed by atoms with Crippen LogP contribution in [0.4, 0.5) is 0 Å². The molecule has 1 aromatic carbocycles. The average molecular weight is 236 g/mol. The van der Waals surface area contributed by atoms with Gasteiger partial charge in [0.2, 0.25) is 9.84 Å². The smallest absolute Gasteiger partial charge is 0.202 e. The first-order chi connectivity index (χ1) is 7.60. The molecule has 0 bridgehead atoms. The molecule has 0 amide bonds. The van der Waals surface area contributed by atoms with Gasteiger partial charge in [-0.1, -0.05) is 31.2 Å². The molecule has 0 spiro atoms. The summed E-state index contributed by atoms with van der Waals surface area (Å²) in [7, 11) is -3.22. The standard InChI is InChI=1S/C13H16O2S/c1-11-7-9-13(10-8-11)16(14,15)12-5-3-2-4-6-12/h2-6,9,11H,7-8,10H2,1H3/t11-/m0/s1. The Balaban J connectivity index is 2.34. The lowest BCUT2D eigenvalue weighted by molar-refractivity contribution is 0.517. The summed E-state index contributed by atoms with van der Waals surface area (Å²) in [6, 6.07) is 8.68. The fraction of sp³-hybridized carbons (Fsp3) is 0.385. The van der Waals surface area contributed by atoms with Crippen molar-refractivity contribution in [1.82, 2.24) is 0 Å². The van der Waals surface area contributed by atoms with Crippen LogP contribution in [0.5, 0.6) is 0 Å². The van der Waals surface area contributed by atoms with Crippen LogP contribution in [0.3, 0.4) is 0 Å². The monoisotopic (exact) mass is 236 g/mol. The van der Waals surface area contributed by atoms with Crippen molar-refractivity contribution in [2.45, 2.75) is 31.1 Å². The summed E-state index contributed by atoms with van der Waals surface area (Å²) in [6.07, 6.45) is 4.41. The summed E-state index contributed by atoms with van der Waals surface area (Å²) in [5.74, 6) is 0.606. The van der Waals surface area contributed by atoms with Crippen LogP contribution < -0.4 is 0 Å². The van der Waals surface area contributed by atoms with E-state index in [2.05, 4.69) is 6.92 Å². The van der Waals surface area contributed by atoms with Crippen molar-refractivity contribution in [3.8, 4) is 0 Å². The van der Waals surface area contributed by atoms with Gasteiger partial charge in [-0.25, -0.2) is 8.42 Å². The summed E-state index contributed by atoms with van der Waals surface area (Å²) < 4.78 is 24.5. The molecule has 2 rings (SSSR count). The van der Waals surface area contributed by atoms with Crippen molar-refractivity contribution >= 4 is 9.84 Å². The maximum Gasteiger partial charge on any atom is 0.202 e. The highest BCUT2D eigenvalue weighted by Crippen LogP contribution is 2.30. The van der Waals surface area contributed by atoms with E-state index in [9.17, 15) is 8.42 Å². The SMILES string of the molecule is C[C@H]1CC=C(S(=O)(=O)c2ccccc2)CC1. The Bertz CT molecular complexity index is 486. The Morgan fingerprint density at radius 2 is 1.88 bits per heavy atom. The minimum Gasteiger partial charge on any atom is -0.219 e. The van der Waals surface area contributed by atoms with Crippen molar-refractivity contribution in [2.75, 3.05) is 0 Å². The van der Waals surface area contributed by atoms with Gasteiger partial charge < -0.3 is 0 Å². The summed E-state index contributed by atoms with van der Waals surface area (Å²) in [5, 5.41) is 0. The third kappa shape index (κ3) is 2.19. The maximum atomic E-state index is 12.2. The molecule has 3 heteroatoms. The summed E-state index contributed by atoms with van der Waals surface area (Å²) in [4.78, 5) is 1.01. The molecule has 1 atom stereocenters. The number of hydrogen-bond acceptors (Lipinski definition) is 2. The molecule has 0 N–H and O–H groups in total. The third-order valence-corrected chi connectivity index (χ3v) is 4.98. The van der Waals surface area contributed by atoms with Gasteiger partial charge in [-0.15, -0.1) is 0 Å². The van der Waals surface area contributed by atoms with Crippen molar-refractivity contribution in [2.24, 2.45) is 5.92 Å². The van der Waals surface area contributed by atoms with Gasteiger partial charge >= 0.3 is 0 Å². The fourth-order valence-corrected chi connectivity index (χ4v) is 3.46. The summed E-state index contributed by atoms with van der Waals surface area (Å²) >= 11 is 0. The lowest BCUT2D eigenvalue weighted by atomic mass is 9.96. The number of benzene rings is 1. The van der Waals surface area contributed by atoms with Gasteiger partial charge in [-0.3, -0.25) is 0 Å². The molecule has 0 heterocycles. The molecule has 86 valence electrons. The summed E-state index contributed by atoms with van der Waals surface area (Å²) in [5.41, 5.74) is 0. The maximum absolute atomic E-state index is 12.2. The normalized spacial score (nSPS) is 21.6. The van der Waals surface area contributed by atoms with Gasteiger partial charge in [0.05, 0.1) is 4.90 Å². The van der Waals surface area contributed by atoms with Crippen LogP contribution in [-0.4, -0.2) is 8.42 Å². The number of rotatable bonds is 2. The van der Waals surface area contributed by atoms with E-state index in [0.717, 1.165) is 12.8 Å². The van der Waals surface area contributed by atoms with Crippen molar-refractivity contribution in [1.29, 1.82) is 0 Å². The number of allylic oxidation sites excluding steroid dienone is 2. The van der Waals surface area contributed by atoms with Gasteiger partial charge in [0.1, 0.15) is 0 Å². The van der Waals surface area contributed by atoms with E-state index < -0.39 is 9.84 Å². The topological polar surface area (TPSA) is 34.1 Å². The van der Waals surface area contributed by atoms with E-state index in [4.69, 9.17) is 0 Å². The minimum absolute atomic E-state index is 0.413. The van der Waals surface area contributed by atoms with E-state index in [1.54, 1.807) is 24.3 Å². The van der Waals surface area contributed by atoms with E-state index in [0.29, 0.717) is 22.1 Å². The second-order valence-electron chi connectivity index (χ2n) is 4.37. The second-order valence-corrected chi connectivity index (χ2v) is 6.37. The largest absolute Gasteiger partial charge is 0.219 e. The lowest BCUT2D eigenvalue weighted by Gasteiger charge is -2.18. The van der Waals surface area contributed by atoms with Crippen LogP contribution in [-0.2, 0) is 9.84 Å². The zero-order chi connectivity index (χ0) is 11.6. The van der Waals surface area contributed by atoms with Gasteiger partial charge in [0, 0.05) is 4.91 Å². The van der Waals surface area contributed by atoms with E-state index in [1.165, 1.54) is 0 Å². The van der Waals surface area contributed by atoms with Crippen molar-refractivity contribution in [3.05, 3.63) is 41.3 Å². The third-order valence-electron chi connectivity index (χ3n) is 3.03. The van der Waals surface area contributed by atoms with E-state index in [-0.39, 0.29) is 0 Å². The Morgan fingerprint density at radius 1 is 1.19 bits per heavy atom. The molecule has 0 aromatic heterocycles. The Morgan fingerprint density at radius 3 is 2.44 bits per heavy atom. The van der Waals surface area contributed by atoms with Crippen LogP contribution in [0.2, 0.25) is 0 Å². The Labute approximate surface area is 96.9 Å². The van der Waals surface area contributed by atoms with Crippen LogP contribution in [0, 0.1) is 5.92 Å².